The first-order valence-electron chi connectivity index (χ1n) is 9.02. The molecule has 0 atom stereocenters. The Labute approximate surface area is 156 Å². The minimum atomic E-state index is -0.206. The third-order valence-corrected chi connectivity index (χ3v) is 5.04. The topological polar surface area (TPSA) is 40.7 Å². The van der Waals surface area contributed by atoms with Crippen LogP contribution in [0, 0.1) is 5.82 Å². The monoisotopic (exact) mass is 355 g/mol. The summed E-state index contributed by atoms with van der Waals surface area (Å²) in [4.78, 5) is 0. The summed E-state index contributed by atoms with van der Waals surface area (Å²) in [5.41, 5.74) is 8.96. The van der Waals surface area contributed by atoms with Crippen molar-refractivity contribution >= 4 is 5.69 Å². The molecule has 2 N–H and O–H groups in total. The number of nitrogens with one attached hydrogen (secondary N) is 2. The molecule has 1 aliphatic carbocycles. The molecule has 0 unspecified atom stereocenters. The van der Waals surface area contributed by atoms with Gasteiger partial charge in [-0.15, -0.1) is 0 Å². The summed E-state index contributed by atoms with van der Waals surface area (Å²) in [6, 6.07) is 23.3. The minimum absolute atomic E-state index is 0.206. The average molecular weight is 355 g/mol. The van der Waals surface area contributed by atoms with Crippen LogP contribution in [0.25, 0.3) is 22.5 Å². The molecule has 1 aliphatic rings. The Morgan fingerprint density at radius 2 is 1.85 bits per heavy atom. The fourth-order valence-corrected chi connectivity index (χ4v) is 3.73. The van der Waals surface area contributed by atoms with Crippen LogP contribution in [0.2, 0.25) is 0 Å². The second-order valence-electron chi connectivity index (χ2n) is 6.82. The van der Waals surface area contributed by atoms with Crippen molar-refractivity contribution in [2.24, 2.45) is 0 Å². The SMILES string of the molecule is Fc1cccc(CNc2ccc3c(c2)Cc2c(-c4ccccc4)n[nH]c2-3)c1. The first kappa shape index (κ1) is 15.8. The Morgan fingerprint density at radius 3 is 2.70 bits per heavy atom. The maximum atomic E-state index is 13.3. The van der Waals surface area contributed by atoms with Crippen LogP contribution >= 0.6 is 0 Å². The van der Waals surface area contributed by atoms with Crippen molar-refractivity contribution in [3.8, 4) is 22.5 Å². The molecule has 0 aliphatic heterocycles. The van der Waals surface area contributed by atoms with E-state index in [2.05, 4.69) is 45.8 Å². The second-order valence-corrected chi connectivity index (χ2v) is 6.82. The maximum absolute atomic E-state index is 13.3. The number of nitrogens with zero attached hydrogens (tertiary/aromatic N) is 1. The average Bonchev–Trinajstić information content (AvgIpc) is 3.26. The molecule has 1 aromatic heterocycles. The van der Waals surface area contributed by atoms with E-state index in [-0.39, 0.29) is 5.82 Å². The number of fused-ring (bicyclic) bond motifs is 3. The zero-order valence-corrected chi connectivity index (χ0v) is 14.7. The smallest absolute Gasteiger partial charge is 0.123 e. The van der Waals surface area contributed by atoms with Gasteiger partial charge in [-0.1, -0.05) is 48.5 Å². The zero-order valence-electron chi connectivity index (χ0n) is 14.7. The molecule has 27 heavy (non-hydrogen) atoms. The summed E-state index contributed by atoms with van der Waals surface area (Å²) in [5.74, 6) is -0.206. The molecule has 3 aromatic carbocycles. The van der Waals surface area contributed by atoms with Crippen LogP contribution in [0.4, 0.5) is 10.1 Å². The number of aromatic nitrogens is 2. The lowest BCUT2D eigenvalue weighted by Crippen LogP contribution is -2.00. The lowest BCUT2D eigenvalue weighted by atomic mass is 10.1. The van der Waals surface area contributed by atoms with Crippen molar-refractivity contribution in [2.45, 2.75) is 13.0 Å². The number of hydrogen-bond donors (Lipinski definition) is 2. The Hall–Kier alpha value is -3.40. The van der Waals surface area contributed by atoms with Crippen molar-refractivity contribution in [1.29, 1.82) is 0 Å². The maximum Gasteiger partial charge on any atom is 0.123 e. The van der Waals surface area contributed by atoms with E-state index >= 15 is 0 Å². The summed E-state index contributed by atoms with van der Waals surface area (Å²) in [6.07, 6.45) is 0.862. The van der Waals surface area contributed by atoms with Crippen LogP contribution in [0.5, 0.6) is 0 Å². The second kappa shape index (κ2) is 6.40. The standard InChI is InChI=1S/C23H18FN3/c24-18-8-4-5-15(11-18)14-25-19-9-10-20-17(12-19)13-21-22(26-27-23(20)21)16-6-2-1-3-7-16/h1-12,25H,13-14H2,(H,26,27). The van der Waals surface area contributed by atoms with E-state index in [4.69, 9.17) is 0 Å². The molecule has 0 saturated carbocycles. The van der Waals surface area contributed by atoms with Crippen molar-refractivity contribution in [1.82, 2.24) is 10.2 Å². The predicted molar refractivity (Wildman–Crippen MR) is 106 cm³/mol. The Bertz CT molecular complexity index is 1120. The fraction of sp³-hybridized carbons (Fsp3) is 0.0870. The molecule has 1 heterocycles. The molecule has 0 fully saturated rings. The van der Waals surface area contributed by atoms with Gasteiger partial charge in [0.1, 0.15) is 5.82 Å². The van der Waals surface area contributed by atoms with Crippen LogP contribution in [0.3, 0.4) is 0 Å². The molecule has 0 amide bonds. The van der Waals surface area contributed by atoms with E-state index < -0.39 is 0 Å². The summed E-state index contributed by atoms with van der Waals surface area (Å²) in [6.45, 7) is 0.596. The quantitative estimate of drug-likeness (QED) is 0.453. The van der Waals surface area contributed by atoms with E-state index in [1.165, 1.54) is 22.8 Å². The molecule has 132 valence electrons. The molecule has 0 spiro atoms. The molecule has 0 saturated heterocycles. The van der Waals surface area contributed by atoms with E-state index in [0.29, 0.717) is 6.54 Å². The summed E-state index contributed by atoms with van der Waals surface area (Å²) in [7, 11) is 0. The predicted octanol–water partition coefficient (Wildman–Crippen LogP) is 5.40. The highest BCUT2D eigenvalue weighted by Crippen LogP contribution is 2.40. The number of aromatic amines is 1. The van der Waals surface area contributed by atoms with Gasteiger partial charge in [0.2, 0.25) is 0 Å². The van der Waals surface area contributed by atoms with Crippen molar-refractivity contribution < 1.29 is 4.39 Å². The molecule has 4 aromatic rings. The molecular weight excluding hydrogens is 337 g/mol. The van der Waals surface area contributed by atoms with E-state index in [9.17, 15) is 4.39 Å². The first-order chi connectivity index (χ1) is 13.3. The third kappa shape index (κ3) is 2.89. The summed E-state index contributed by atoms with van der Waals surface area (Å²) in [5, 5.41) is 11.1. The van der Waals surface area contributed by atoms with Gasteiger partial charge in [-0.25, -0.2) is 4.39 Å². The number of anilines is 1. The van der Waals surface area contributed by atoms with Crippen LogP contribution in [-0.2, 0) is 13.0 Å². The van der Waals surface area contributed by atoms with Gasteiger partial charge in [0.25, 0.3) is 0 Å². The van der Waals surface area contributed by atoms with Gasteiger partial charge in [-0.3, -0.25) is 5.10 Å². The number of benzene rings is 3. The number of rotatable bonds is 4. The molecule has 5 rings (SSSR count). The lowest BCUT2D eigenvalue weighted by molar-refractivity contribution is 0.626. The van der Waals surface area contributed by atoms with Gasteiger partial charge in [0, 0.05) is 35.3 Å². The van der Waals surface area contributed by atoms with Crippen molar-refractivity contribution in [3.63, 3.8) is 0 Å². The van der Waals surface area contributed by atoms with Gasteiger partial charge < -0.3 is 5.32 Å². The van der Waals surface area contributed by atoms with Crippen molar-refractivity contribution in [3.05, 3.63) is 95.3 Å². The third-order valence-electron chi connectivity index (χ3n) is 5.04. The molecule has 0 bridgehead atoms. The highest BCUT2D eigenvalue weighted by atomic mass is 19.1. The van der Waals surface area contributed by atoms with Gasteiger partial charge in [0.15, 0.2) is 0 Å². The lowest BCUT2D eigenvalue weighted by Gasteiger charge is -2.09. The van der Waals surface area contributed by atoms with Crippen LogP contribution in [0.15, 0.2) is 72.8 Å². The number of halogens is 1. The molecule has 0 radical (unpaired) electrons. The molecule has 4 heteroatoms. The van der Waals surface area contributed by atoms with Crippen LogP contribution in [-0.4, -0.2) is 10.2 Å². The molecule has 3 nitrogen and oxygen atoms in total. The van der Waals surface area contributed by atoms with Gasteiger partial charge >= 0.3 is 0 Å². The Balaban J connectivity index is 1.39. The van der Waals surface area contributed by atoms with E-state index in [1.54, 1.807) is 12.1 Å². The van der Waals surface area contributed by atoms with Gasteiger partial charge in [-0.05, 0) is 35.4 Å². The first-order valence-corrected chi connectivity index (χ1v) is 9.02. The minimum Gasteiger partial charge on any atom is -0.381 e. The van der Waals surface area contributed by atoms with Crippen LogP contribution in [0.1, 0.15) is 16.7 Å². The van der Waals surface area contributed by atoms with Crippen molar-refractivity contribution in [2.75, 3.05) is 5.32 Å². The van der Waals surface area contributed by atoms with E-state index in [0.717, 1.165) is 34.6 Å². The Morgan fingerprint density at radius 1 is 0.963 bits per heavy atom. The Kier molecular flexibility index (Phi) is 3.75. The highest BCUT2D eigenvalue weighted by Gasteiger charge is 2.25. The fourth-order valence-electron chi connectivity index (χ4n) is 3.73. The number of hydrogen-bond acceptors (Lipinski definition) is 2. The van der Waals surface area contributed by atoms with E-state index in [1.807, 2.05) is 24.3 Å². The largest absolute Gasteiger partial charge is 0.381 e. The molecular formula is C23H18FN3. The normalized spacial score (nSPS) is 11.9. The van der Waals surface area contributed by atoms with Crippen LogP contribution < -0.4 is 5.32 Å². The zero-order chi connectivity index (χ0) is 18.2. The van der Waals surface area contributed by atoms with Gasteiger partial charge in [0.05, 0.1) is 11.4 Å². The highest BCUT2D eigenvalue weighted by molar-refractivity contribution is 5.82. The summed E-state index contributed by atoms with van der Waals surface area (Å²) >= 11 is 0. The number of H-pyrrole nitrogens is 1. The summed E-state index contributed by atoms with van der Waals surface area (Å²) < 4.78 is 13.3. The van der Waals surface area contributed by atoms with Gasteiger partial charge in [-0.2, -0.15) is 5.10 Å².